The molecule has 0 aliphatic rings. The van der Waals surface area contributed by atoms with Crippen molar-refractivity contribution >= 4 is 0 Å². The number of aromatic nitrogens is 2. The molecule has 4 heteroatoms. The van der Waals surface area contributed by atoms with Crippen molar-refractivity contribution in [1.82, 2.24) is 15.3 Å². The Morgan fingerprint density at radius 2 is 2.05 bits per heavy atom. The number of aromatic amines is 1. The van der Waals surface area contributed by atoms with E-state index in [2.05, 4.69) is 41.3 Å². The van der Waals surface area contributed by atoms with Crippen LogP contribution in [0.4, 0.5) is 0 Å². The Morgan fingerprint density at radius 1 is 1.24 bits per heavy atom. The third kappa shape index (κ3) is 4.90. The van der Waals surface area contributed by atoms with E-state index >= 15 is 0 Å². The Balaban J connectivity index is 1.82. The van der Waals surface area contributed by atoms with Gasteiger partial charge in [-0.3, -0.25) is 0 Å². The molecule has 114 valence electrons. The molecule has 0 saturated heterocycles. The lowest BCUT2D eigenvalue weighted by molar-refractivity contribution is 0.309. The average molecular weight is 287 g/mol. The Kier molecular flexibility index (Phi) is 6.28. The zero-order chi connectivity index (χ0) is 14.9. The second kappa shape index (κ2) is 8.47. The van der Waals surface area contributed by atoms with Crippen molar-refractivity contribution in [3.05, 3.63) is 48.0 Å². The number of imidazole rings is 1. The molecule has 0 fully saturated rings. The molecule has 4 nitrogen and oxygen atoms in total. The number of ether oxygens (including phenoxy) is 1. The summed E-state index contributed by atoms with van der Waals surface area (Å²) in [5.74, 6) is 1.95. The standard InChI is InChI=1S/C17H25N3O/c1-3-5-12-21-15-8-6-14(7-9-15)13-20-16(4-2)17-18-10-11-19-17/h6-11,16,20H,3-5,12-13H2,1-2H3,(H,18,19). The zero-order valence-corrected chi connectivity index (χ0v) is 12.9. The van der Waals surface area contributed by atoms with Gasteiger partial charge in [0.2, 0.25) is 0 Å². The van der Waals surface area contributed by atoms with Gasteiger partial charge in [0.15, 0.2) is 0 Å². The normalized spacial score (nSPS) is 12.3. The van der Waals surface area contributed by atoms with Crippen LogP contribution in [-0.2, 0) is 6.54 Å². The van der Waals surface area contributed by atoms with Crippen LogP contribution in [0, 0.1) is 0 Å². The smallest absolute Gasteiger partial charge is 0.123 e. The van der Waals surface area contributed by atoms with Crippen LogP contribution in [0.15, 0.2) is 36.7 Å². The van der Waals surface area contributed by atoms with E-state index in [1.165, 1.54) is 5.56 Å². The Hall–Kier alpha value is -1.81. The van der Waals surface area contributed by atoms with Crippen LogP contribution in [0.1, 0.15) is 50.5 Å². The minimum absolute atomic E-state index is 0.264. The van der Waals surface area contributed by atoms with Gasteiger partial charge in [-0.1, -0.05) is 32.4 Å². The van der Waals surface area contributed by atoms with Crippen LogP contribution in [-0.4, -0.2) is 16.6 Å². The van der Waals surface area contributed by atoms with Gasteiger partial charge in [-0.15, -0.1) is 0 Å². The fraction of sp³-hybridized carbons (Fsp3) is 0.471. The summed E-state index contributed by atoms with van der Waals surface area (Å²) in [6.07, 6.45) is 6.92. The number of unbranched alkanes of at least 4 members (excludes halogenated alkanes) is 1. The molecule has 1 unspecified atom stereocenters. The maximum absolute atomic E-state index is 5.67. The molecule has 0 amide bonds. The molecular formula is C17H25N3O. The number of hydrogen-bond donors (Lipinski definition) is 2. The minimum Gasteiger partial charge on any atom is -0.494 e. The molecule has 0 aliphatic heterocycles. The van der Waals surface area contributed by atoms with Crippen LogP contribution in [0.5, 0.6) is 5.75 Å². The topological polar surface area (TPSA) is 49.9 Å². The molecule has 1 aromatic heterocycles. The van der Waals surface area contributed by atoms with E-state index in [9.17, 15) is 0 Å². The molecule has 2 N–H and O–H groups in total. The van der Waals surface area contributed by atoms with Gasteiger partial charge in [-0.05, 0) is 30.5 Å². The molecule has 1 aromatic carbocycles. The molecule has 1 heterocycles. The fourth-order valence-electron chi connectivity index (χ4n) is 2.18. The predicted molar refractivity (Wildman–Crippen MR) is 85.3 cm³/mol. The largest absolute Gasteiger partial charge is 0.494 e. The second-order valence-corrected chi connectivity index (χ2v) is 5.16. The van der Waals surface area contributed by atoms with E-state index in [-0.39, 0.29) is 6.04 Å². The highest BCUT2D eigenvalue weighted by atomic mass is 16.5. The van der Waals surface area contributed by atoms with Crippen LogP contribution >= 0.6 is 0 Å². The van der Waals surface area contributed by atoms with Crippen molar-refractivity contribution in [3.8, 4) is 5.75 Å². The van der Waals surface area contributed by atoms with Crippen molar-refractivity contribution < 1.29 is 4.74 Å². The molecule has 0 spiro atoms. The van der Waals surface area contributed by atoms with Crippen LogP contribution in [0.25, 0.3) is 0 Å². The summed E-state index contributed by atoms with van der Waals surface area (Å²) >= 11 is 0. The van der Waals surface area contributed by atoms with Gasteiger partial charge in [0.25, 0.3) is 0 Å². The van der Waals surface area contributed by atoms with Crippen molar-refractivity contribution in [2.24, 2.45) is 0 Å². The number of benzene rings is 1. The van der Waals surface area contributed by atoms with Crippen molar-refractivity contribution in [3.63, 3.8) is 0 Å². The first kappa shape index (κ1) is 15.6. The third-order valence-corrected chi connectivity index (χ3v) is 3.50. The molecular weight excluding hydrogens is 262 g/mol. The van der Waals surface area contributed by atoms with E-state index in [0.717, 1.165) is 44.0 Å². The summed E-state index contributed by atoms with van der Waals surface area (Å²) in [5.41, 5.74) is 1.25. The first-order valence-electron chi connectivity index (χ1n) is 7.77. The number of H-pyrrole nitrogens is 1. The molecule has 2 aromatic rings. The maximum Gasteiger partial charge on any atom is 0.123 e. The Morgan fingerprint density at radius 3 is 2.67 bits per heavy atom. The van der Waals surface area contributed by atoms with E-state index in [4.69, 9.17) is 4.74 Å². The Labute approximate surface area is 127 Å². The second-order valence-electron chi connectivity index (χ2n) is 5.16. The summed E-state index contributed by atoms with van der Waals surface area (Å²) in [6, 6.07) is 8.58. The number of hydrogen-bond acceptors (Lipinski definition) is 3. The first-order valence-corrected chi connectivity index (χ1v) is 7.77. The maximum atomic E-state index is 5.67. The summed E-state index contributed by atoms with van der Waals surface area (Å²) < 4.78 is 5.67. The van der Waals surface area contributed by atoms with Gasteiger partial charge >= 0.3 is 0 Å². The highest BCUT2D eigenvalue weighted by Crippen LogP contribution is 2.15. The van der Waals surface area contributed by atoms with Crippen molar-refractivity contribution in [1.29, 1.82) is 0 Å². The van der Waals surface area contributed by atoms with Crippen LogP contribution < -0.4 is 10.1 Å². The quantitative estimate of drug-likeness (QED) is 0.689. The predicted octanol–water partition coefficient (Wildman–Crippen LogP) is 3.83. The Bertz CT molecular complexity index is 493. The average Bonchev–Trinajstić information content (AvgIpc) is 3.04. The summed E-state index contributed by atoms with van der Waals surface area (Å²) in [7, 11) is 0. The van der Waals surface area contributed by atoms with Gasteiger partial charge in [0.1, 0.15) is 11.6 Å². The van der Waals surface area contributed by atoms with Crippen molar-refractivity contribution in [2.75, 3.05) is 6.61 Å². The van der Waals surface area contributed by atoms with E-state index in [1.54, 1.807) is 6.20 Å². The minimum atomic E-state index is 0.264. The molecule has 2 rings (SSSR count). The lowest BCUT2D eigenvalue weighted by atomic mass is 10.1. The van der Waals surface area contributed by atoms with Crippen LogP contribution in [0.2, 0.25) is 0 Å². The number of nitrogens with one attached hydrogen (secondary N) is 2. The van der Waals surface area contributed by atoms with Gasteiger partial charge < -0.3 is 15.0 Å². The lowest BCUT2D eigenvalue weighted by Crippen LogP contribution is -2.21. The molecule has 0 aliphatic carbocycles. The first-order chi connectivity index (χ1) is 10.3. The molecule has 21 heavy (non-hydrogen) atoms. The monoisotopic (exact) mass is 287 g/mol. The molecule has 0 bridgehead atoms. The van der Waals surface area contributed by atoms with Gasteiger partial charge in [0.05, 0.1) is 12.6 Å². The van der Waals surface area contributed by atoms with E-state index < -0.39 is 0 Å². The SMILES string of the molecule is CCCCOc1ccc(CNC(CC)c2ncc[nH]2)cc1. The van der Waals surface area contributed by atoms with Gasteiger partial charge in [-0.2, -0.15) is 0 Å². The van der Waals surface area contributed by atoms with Gasteiger partial charge in [0, 0.05) is 18.9 Å². The fourth-order valence-corrected chi connectivity index (χ4v) is 2.18. The van der Waals surface area contributed by atoms with Crippen LogP contribution in [0.3, 0.4) is 0 Å². The highest BCUT2D eigenvalue weighted by molar-refractivity contribution is 5.27. The zero-order valence-electron chi connectivity index (χ0n) is 12.9. The van der Waals surface area contributed by atoms with Crippen molar-refractivity contribution in [2.45, 2.75) is 45.7 Å². The third-order valence-electron chi connectivity index (χ3n) is 3.50. The number of rotatable bonds is 9. The van der Waals surface area contributed by atoms with E-state index in [1.807, 2.05) is 18.3 Å². The summed E-state index contributed by atoms with van der Waals surface area (Å²) in [6.45, 7) is 5.95. The molecule has 1 atom stereocenters. The molecule has 0 saturated carbocycles. The molecule has 0 radical (unpaired) electrons. The summed E-state index contributed by atoms with van der Waals surface area (Å²) in [5, 5.41) is 3.53. The lowest BCUT2D eigenvalue weighted by Gasteiger charge is -2.15. The summed E-state index contributed by atoms with van der Waals surface area (Å²) in [4.78, 5) is 7.49. The highest BCUT2D eigenvalue weighted by Gasteiger charge is 2.10. The number of nitrogens with zero attached hydrogens (tertiary/aromatic N) is 1. The van der Waals surface area contributed by atoms with Gasteiger partial charge in [-0.25, -0.2) is 4.98 Å². The van der Waals surface area contributed by atoms with E-state index in [0.29, 0.717) is 0 Å².